The van der Waals surface area contributed by atoms with Gasteiger partial charge in [0, 0.05) is 17.5 Å². The van der Waals surface area contributed by atoms with Crippen LogP contribution in [0.5, 0.6) is 0 Å². The third-order valence-corrected chi connectivity index (χ3v) is 5.21. The Kier molecular flexibility index (Phi) is 4.43. The summed E-state index contributed by atoms with van der Waals surface area (Å²) in [4.78, 5) is 21.0. The van der Waals surface area contributed by atoms with Crippen molar-refractivity contribution < 1.29 is 18.0 Å². The summed E-state index contributed by atoms with van der Waals surface area (Å²) in [5, 5.41) is 4.90. The molecule has 2 heterocycles. The first-order valence-corrected chi connectivity index (χ1v) is 9.15. The molecule has 2 atom stereocenters. The number of hydrogen-bond acceptors (Lipinski definition) is 4. The van der Waals surface area contributed by atoms with Crippen molar-refractivity contribution in [2.45, 2.75) is 18.5 Å². The molecule has 1 aliphatic rings. The van der Waals surface area contributed by atoms with Crippen LogP contribution in [-0.4, -0.2) is 15.9 Å². The number of nitrogens with one attached hydrogen (secondary N) is 1. The van der Waals surface area contributed by atoms with Crippen molar-refractivity contribution in [3.8, 4) is 11.4 Å². The molecule has 0 aliphatic heterocycles. The summed E-state index contributed by atoms with van der Waals surface area (Å²) in [6, 6.07) is 10.9. The molecule has 1 fully saturated rings. The van der Waals surface area contributed by atoms with Crippen LogP contribution in [0.2, 0.25) is 0 Å². The van der Waals surface area contributed by atoms with Gasteiger partial charge in [-0.05, 0) is 36.1 Å². The average Bonchev–Trinajstić information content (AvgIpc) is 3.33. The number of carbonyl (C=O) groups is 1. The number of pyridine rings is 1. The SMILES string of the molecule is O=C(Nc1nc(-c2ccccn2)cs1)[C@@H]1C[C@H]1c1ccccc1C(F)(F)F. The molecular formula is C19H14F3N3OS. The van der Waals surface area contributed by atoms with Crippen LogP contribution in [0.15, 0.2) is 54.0 Å². The van der Waals surface area contributed by atoms with E-state index in [9.17, 15) is 18.0 Å². The van der Waals surface area contributed by atoms with Crippen LogP contribution in [0.3, 0.4) is 0 Å². The van der Waals surface area contributed by atoms with Crippen molar-refractivity contribution in [2.24, 2.45) is 5.92 Å². The first-order chi connectivity index (χ1) is 12.9. The highest BCUT2D eigenvalue weighted by atomic mass is 32.1. The Morgan fingerprint density at radius 2 is 1.89 bits per heavy atom. The molecule has 4 nitrogen and oxygen atoms in total. The Bertz CT molecular complexity index is 972. The monoisotopic (exact) mass is 389 g/mol. The summed E-state index contributed by atoms with van der Waals surface area (Å²) in [5.41, 5.74) is 0.846. The fourth-order valence-electron chi connectivity index (χ4n) is 3.07. The number of rotatable bonds is 4. The zero-order valence-electron chi connectivity index (χ0n) is 13.9. The lowest BCUT2D eigenvalue weighted by Crippen LogP contribution is -2.15. The van der Waals surface area contributed by atoms with E-state index >= 15 is 0 Å². The lowest BCUT2D eigenvalue weighted by molar-refractivity contribution is -0.138. The molecule has 27 heavy (non-hydrogen) atoms. The number of aromatic nitrogens is 2. The second-order valence-corrected chi connectivity index (χ2v) is 7.13. The molecule has 3 aromatic rings. The van der Waals surface area contributed by atoms with E-state index in [0.717, 1.165) is 6.07 Å². The van der Waals surface area contributed by atoms with Gasteiger partial charge >= 0.3 is 6.18 Å². The molecule has 0 spiro atoms. The van der Waals surface area contributed by atoms with Gasteiger partial charge in [-0.2, -0.15) is 13.2 Å². The van der Waals surface area contributed by atoms with E-state index in [-0.39, 0.29) is 11.5 Å². The number of alkyl halides is 3. The van der Waals surface area contributed by atoms with E-state index in [0.29, 0.717) is 22.9 Å². The fraction of sp³-hybridized carbons (Fsp3) is 0.211. The van der Waals surface area contributed by atoms with Crippen LogP contribution in [0, 0.1) is 5.92 Å². The van der Waals surface area contributed by atoms with Gasteiger partial charge < -0.3 is 5.32 Å². The Morgan fingerprint density at radius 1 is 1.11 bits per heavy atom. The molecule has 0 radical (unpaired) electrons. The van der Waals surface area contributed by atoms with Gasteiger partial charge in [0.1, 0.15) is 5.69 Å². The van der Waals surface area contributed by atoms with Crippen molar-refractivity contribution in [1.82, 2.24) is 9.97 Å². The van der Waals surface area contributed by atoms with E-state index < -0.39 is 23.6 Å². The summed E-state index contributed by atoms with van der Waals surface area (Å²) in [5.74, 6) is -1.20. The number of carbonyl (C=O) groups excluding carboxylic acids is 1. The number of thiazole rings is 1. The van der Waals surface area contributed by atoms with E-state index in [1.165, 1.54) is 23.5 Å². The number of anilines is 1. The predicted molar refractivity (Wildman–Crippen MR) is 96.3 cm³/mol. The zero-order valence-corrected chi connectivity index (χ0v) is 14.7. The second kappa shape index (κ2) is 6.77. The molecule has 4 rings (SSSR count). The normalized spacial score (nSPS) is 18.9. The van der Waals surface area contributed by atoms with E-state index in [2.05, 4.69) is 15.3 Å². The Hall–Kier alpha value is -2.74. The molecule has 1 aromatic carbocycles. The number of amides is 1. The standard InChI is InChI=1S/C19H14F3N3OS/c20-19(21,22)14-6-2-1-5-11(14)12-9-13(12)17(26)25-18-24-16(10-27-18)15-7-3-4-8-23-15/h1-8,10,12-13H,9H2,(H,24,25,26)/t12-,13+/m0/s1. The minimum absolute atomic E-state index is 0.179. The summed E-state index contributed by atoms with van der Waals surface area (Å²) in [7, 11) is 0. The van der Waals surface area contributed by atoms with Crippen molar-refractivity contribution in [2.75, 3.05) is 5.32 Å². The average molecular weight is 389 g/mol. The van der Waals surface area contributed by atoms with Crippen molar-refractivity contribution in [3.05, 3.63) is 65.2 Å². The molecule has 138 valence electrons. The summed E-state index contributed by atoms with van der Waals surface area (Å²) >= 11 is 1.26. The molecule has 0 saturated heterocycles. The zero-order chi connectivity index (χ0) is 19.0. The second-order valence-electron chi connectivity index (χ2n) is 6.28. The van der Waals surface area contributed by atoms with Crippen molar-refractivity contribution in [3.63, 3.8) is 0 Å². The first-order valence-electron chi connectivity index (χ1n) is 8.27. The van der Waals surface area contributed by atoms with Crippen molar-refractivity contribution in [1.29, 1.82) is 0 Å². The molecular weight excluding hydrogens is 375 g/mol. The highest BCUT2D eigenvalue weighted by molar-refractivity contribution is 7.14. The van der Waals surface area contributed by atoms with Crippen LogP contribution in [-0.2, 0) is 11.0 Å². The van der Waals surface area contributed by atoms with Gasteiger partial charge in [-0.1, -0.05) is 24.3 Å². The van der Waals surface area contributed by atoms with Gasteiger partial charge in [-0.3, -0.25) is 9.78 Å². The van der Waals surface area contributed by atoms with Gasteiger partial charge in [0.25, 0.3) is 0 Å². The summed E-state index contributed by atoms with van der Waals surface area (Å²) < 4.78 is 39.5. The minimum Gasteiger partial charge on any atom is -0.302 e. The van der Waals surface area contributed by atoms with Gasteiger partial charge in [-0.15, -0.1) is 11.3 Å². The fourth-order valence-corrected chi connectivity index (χ4v) is 3.78. The van der Waals surface area contributed by atoms with Crippen molar-refractivity contribution >= 4 is 22.4 Å². The van der Waals surface area contributed by atoms with Crippen LogP contribution >= 0.6 is 11.3 Å². The third-order valence-electron chi connectivity index (χ3n) is 4.45. The number of benzene rings is 1. The number of halogens is 3. The largest absolute Gasteiger partial charge is 0.416 e. The summed E-state index contributed by atoms with van der Waals surface area (Å²) in [6.45, 7) is 0. The van der Waals surface area contributed by atoms with Crippen LogP contribution in [0.1, 0.15) is 23.5 Å². The maximum atomic E-state index is 13.2. The van der Waals surface area contributed by atoms with Crippen LogP contribution in [0.25, 0.3) is 11.4 Å². The maximum absolute atomic E-state index is 13.2. The smallest absolute Gasteiger partial charge is 0.302 e. The van der Waals surface area contributed by atoms with Gasteiger partial charge in [-0.25, -0.2) is 4.98 Å². The highest BCUT2D eigenvalue weighted by Crippen LogP contribution is 2.51. The van der Waals surface area contributed by atoms with E-state index in [4.69, 9.17) is 0 Å². The third kappa shape index (κ3) is 3.71. The quantitative estimate of drug-likeness (QED) is 0.686. The van der Waals surface area contributed by atoms with E-state index in [1.807, 2.05) is 12.1 Å². The molecule has 8 heteroatoms. The molecule has 1 saturated carbocycles. The molecule has 0 bridgehead atoms. The highest BCUT2D eigenvalue weighted by Gasteiger charge is 2.48. The number of hydrogen-bond donors (Lipinski definition) is 1. The van der Waals surface area contributed by atoms with Gasteiger partial charge in [0.2, 0.25) is 5.91 Å². The molecule has 1 aliphatic carbocycles. The van der Waals surface area contributed by atoms with Crippen LogP contribution in [0.4, 0.5) is 18.3 Å². The summed E-state index contributed by atoms with van der Waals surface area (Å²) in [6.07, 6.45) is -2.37. The maximum Gasteiger partial charge on any atom is 0.416 e. The van der Waals surface area contributed by atoms with Gasteiger partial charge in [0.15, 0.2) is 5.13 Å². The Morgan fingerprint density at radius 3 is 2.63 bits per heavy atom. The molecule has 2 aromatic heterocycles. The molecule has 1 amide bonds. The topological polar surface area (TPSA) is 54.9 Å². The molecule has 0 unspecified atom stereocenters. The lowest BCUT2D eigenvalue weighted by atomic mass is 10.0. The van der Waals surface area contributed by atoms with Gasteiger partial charge in [0.05, 0.1) is 11.3 Å². The Balaban J connectivity index is 1.45. The Labute approximate surface area is 157 Å². The minimum atomic E-state index is -4.42. The number of nitrogens with zero attached hydrogens (tertiary/aromatic N) is 2. The molecule has 1 N–H and O–H groups in total. The first kappa shape index (κ1) is 17.7. The van der Waals surface area contributed by atoms with Crippen LogP contribution < -0.4 is 5.32 Å². The van der Waals surface area contributed by atoms with E-state index in [1.54, 1.807) is 23.7 Å². The lowest BCUT2D eigenvalue weighted by Gasteiger charge is -2.12. The predicted octanol–water partition coefficient (Wildman–Crippen LogP) is 4.97.